The van der Waals surface area contributed by atoms with Crippen molar-refractivity contribution in [1.82, 2.24) is 5.32 Å². The molecule has 0 aliphatic heterocycles. The standard InChI is InChI=1S/C23H24N2O10/c1-33-21(30)13-6-4-12(5-7-13)11-24-19(28)17(26)18(27)20(29)25-16-9-14(22(31)34-2)8-15(10-16)23(32)35-3/h4-10,17-18,26-27H,11H2,1-3H3,(H,24,28)(H,25,29). The lowest BCUT2D eigenvalue weighted by Gasteiger charge is -2.18. The molecule has 0 fully saturated rings. The van der Waals surface area contributed by atoms with E-state index in [0.29, 0.717) is 11.1 Å². The molecule has 2 unspecified atom stereocenters. The predicted octanol–water partition coefficient (Wildman–Crippen LogP) is 0.0231. The molecular formula is C23H24N2O10. The number of hydrogen-bond donors (Lipinski definition) is 4. The third-order valence-corrected chi connectivity index (χ3v) is 4.72. The Bertz CT molecular complexity index is 1080. The first-order valence-corrected chi connectivity index (χ1v) is 10.0. The molecule has 0 heterocycles. The van der Waals surface area contributed by atoms with Crippen LogP contribution >= 0.6 is 0 Å². The maximum absolute atomic E-state index is 12.4. The molecule has 0 aliphatic carbocycles. The van der Waals surface area contributed by atoms with Gasteiger partial charge in [0, 0.05) is 12.2 Å². The van der Waals surface area contributed by atoms with Crippen molar-refractivity contribution >= 4 is 35.4 Å². The van der Waals surface area contributed by atoms with Gasteiger partial charge in [-0.05, 0) is 35.9 Å². The van der Waals surface area contributed by atoms with E-state index in [0.717, 1.165) is 14.2 Å². The second kappa shape index (κ2) is 12.3. The summed E-state index contributed by atoms with van der Waals surface area (Å²) in [7, 11) is 3.49. The normalized spacial score (nSPS) is 12.0. The Labute approximate surface area is 199 Å². The summed E-state index contributed by atoms with van der Waals surface area (Å²) in [6.07, 6.45) is -4.31. The van der Waals surface area contributed by atoms with E-state index >= 15 is 0 Å². The second-order valence-electron chi connectivity index (χ2n) is 7.07. The summed E-state index contributed by atoms with van der Waals surface area (Å²) in [5.41, 5.74) is 0.623. The summed E-state index contributed by atoms with van der Waals surface area (Å²) < 4.78 is 13.8. The molecule has 2 atom stereocenters. The number of esters is 3. The molecule has 2 aromatic rings. The number of benzene rings is 2. The third-order valence-electron chi connectivity index (χ3n) is 4.72. The van der Waals surface area contributed by atoms with Crippen molar-refractivity contribution < 1.29 is 48.4 Å². The summed E-state index contributed by atoms with van der Waals surface area (Å²) in [6.45, 7) is -0.0602. The highest BCUT2D eigenvalue weighted by atomic mass is 16.5. The SMILES string of the molecule is COC(=O)c1ccc(CNC(=O)C(O)C(O)C(=O)Nc2cc(C(=O)OC)cc(C(=O)OC)c2)cc1. The Kier molecular flexibility index (Phi) is 9.44. The van der Waals surface area contributed by atoms with Crippen molar-refractivity contribution in [2.75, 3.05) is 26.6 Å². The number of rotatable bonds is 9. The van der Waals surface area contributed by atoms with Crippen LogP contribution in [0.5, 0.6) is 0 Å². The predicted molar refractivity (Wildman–Crippen MR) is 119 cm³/mol. The van der Waals surface area contributed by atoms with Gasteiger partial charge in [0.05, 0.1) is 38.0 Å². The van der Waals surface area contributed by atoms with Crippen molar-refractivity contribution in [2.45, 2.75) is 18.8 Å². The summed E-state index contributed by atoms with van der Waals surface area (Å²) in [5, 5.41) is 24.8. The fraction of sp³-hybridized carbons (Fsp3) is 0.261. The van der Waals surface area contributed by atoms with Crippen molar-refractivity contribution in [2.24, 2.45) is 0 Å². The third kappa shape index (κ3) is 7.09. The van der Waals surface area contributed by atoms with Crippen LogP contribution in [-0.4, -0.2) is 73.5 Å². The highest BCUT2D eigenvalue weighted by Gasteiger charge is 2.30. The molecule has 0 spiro atoms. The Morgan fingerprint density at radius 1 is 0.714 bits per heavy atom. The van der Waals surface area contributed by atoms with Gasteiger partial charge < -0.3 is 35.1 Å². The quantitative estimate of drug-likeness (QED) is 0.278. The van der Waals surface area contributed by atoms with E-state index < -0.39 is 41.9 Å². The van der Waals surface area contributed by atoms with E-state index in [1.165, 1.54) is 37.4 Å². The fourth-order valence-electron chi connectivity index (χ4n) is 2.84. The molecule has 2 amide bonds. The van der Waals surface area contributed by atoms with Gasteiger partial charge in [-0.2, -0.15) is 0 Å². The van der Waals surface area contributed by atoms with Gasteiger partial charge in [-0.1, -0.05) is 12.1 Å². The van der Waals surface area contributed by atoms with E-state index in [1.54, 1.807) is 12.1 Å². The van der Waals surface area contributed by atoms with Crippen molar-refractivity contribution in [3.8, 4) is 0 Å². The van der Waals surface area contributed by atoms with Crippen molar-refractivity contribution in [3.63, 3.8) is 0 Å². The first-order chi connectivity index (χ1) is 16.6. The lowest BCUT2D eigenvalue weighted by Crippen LogP contribution is -2.47. The van der Waals surface area contributed by atoms with Gasteiger partial charge in [-0.15, -0.1) is 0 Å². The van der Waals surface area contributed by atoms with E-state index in [4.69, 9.17) is 0 Å². The van der Waals surface area contributed by atoms with Crippen LogP contribution in [0.1, 0.15) is 36.6 Å². The highest BCUT2D eigenvalue weighted by Crippen LogP contribution is 2.18. The zero-order valence-corrected chi connectivity index (χ0v) is 19.1. The van der Waals surface area contributed by atoms with Gasteiger partial charge in [-0.3, -0.25) is 9.59 Å². The number of ether oxygens (including phenoxy) is 3. The molecule has 0 saturated heterocycles. The van der Waals surface area contributed by atoms with E-state index in [-0.39, 0.29) is 23.4 Å². The summed E-state index contributed by atoms with van der Waals surface area (Å²) in [6, 6.07) is 9.60. The van der Waals surface area contributed by atoms with Crippen LogP contribution in [-0.2, 0) is 30.3 Å². The number of carbonyl (C=O) groups is 5. The van der Waals surface area contributed by atoms with Crippen LogP contribution in [0.4, 0.5) is 5.69 Å². The van der Waals surface area contributed by atoms with Crippen LogP contribution in [0.15, 0.2) is 42.5 Å². The minimum Gasteiger partial charge on any atom is -0.465 e. The van der Waals surface area contributed by atoms with Crippen LogP contribution in [0, 0.1) is 0 Å². The van der Waals surface area contributed by atoms with Crippen molar-refractivity contribution in [3.05, 3.63) is 64.7 Å². The molecule has 0 radical (unpaired) electrons. The average molecular weight is 488 g/mol. The van der Waals surface area contributed by atoms with Crippen LogP contribution in [0.2, 0.25) is 0 Å². The largest absolute Gasteiger partial charge is 0.465 e. The zero-order chi connectivity index (χ0) is 26.1. The van der Waals surface area contributed by atoms with Crippen LogP contribution in [0.3, 0.4) is 0 Å². The lowest BCUT2D eigenvalue weighted by atomic mass is 10.1. The first kappa shape index (κ1) is 27.0. The Morgan fingerprint density at radius 2 is 1.17 bits per heavy atom. The molecule has 2 rings (SSSR count). The molecule has 0 saturated carbocycles. The number of methoxy groups -OCH3 is 3. The Hall–Kier alpha value is -4.29. The van der Waals surface area contributed by atoms with Gasteiger partial charge >= 0.3 is 17.9 Å². The number of nitrogens with one attached hydrogen (secondary N) is 2. The summed E-state index contributed by atoms with van der Waals surface area (Å²) in [4.78, 5) is 59.7. The minimum absolute atomic E-state index is 0.0602. The fourth-order valence-corrected chi connectivity index (χ4v) is 2.84. The van der Waals surface area contributed by atoms with E-state index in [9.17, 15) is 34.2 Å². The number of carbonyl (C=O) groups excluding carboxylic acids is 5. The van der Waals surface area contributed by atoms with Crippen molar-refractivity contribution in [1.29, 1.82) is 0 Å². The summed E-state index contributed by atoms with van der Waals surface area (Å²) in [5.74, 6) is -4.34. The monoisotopic (exact) mass is 488 g/mol. The Morgan fingerprint density at radius 3 is 1.66 bits per heavy atom. The first-order valence-electron chi connectivity index (χ1n) is 10.0. The molecule has 2 aromatic carbocycles. The van der Waals surface area contributed by atoms with E-state index in [1.807, 2.05) is 0 Å². The molecule has 186 valence electrons. The number of amides is 2. The van der Waals surface area contributed by atoms with E-state index in [2.05, 4.69) is 24.8 Å². The number of aliphatic hydroxyl groups is 2. The maximum atomic E-state index is 12.4. The lowest BCUT2D eigenvalue weighted by molar-refractivity contribution is -0.143. The number of anilines is 1. The highest BCUT2D eigenvalue weighted by molar-refractivity contribution is 6.02. The van der Waals surface area contributed by atoms with Gasteiger partial charge in [-0.25, -0.2) is 14.4 Å². The molecule has 35 heavy (non-hydrogen) atoms. The molecular weight excluding hydrogens is 464 g/mol. The molecule has 12 nitrogen and oxygen atoms in total. The maximum Gasteiger partial charge on any atom is 0.337 e. The van der Waals surface area contributed by atoms with Crippen LogP contribution in [0.25, 0.3) is 0 Å². The molecule has 0 bridgehead atoms. The molecule has 12 heteroatoms. The average Bonchev–Trinajstić information content (AvgIpc) is 2.89. The minimum atomic E-state index is -2.18. The van der Waals surface area contributed by atoms with Crippen LogP contribution < -0.4 is 10.6 Å². The van der Waals surface area contributed by atoms with Gasteiger partial charge in [0.1, 0.15) is 0 Å². The summed E-state index contributed by atoms with van der Waals surface area (Å²) >= 11 is 0. The van der Waals surface area contributed by atoms with Gasteiger partial charge in [0.2, 0.25) is 0 Å². The zero-order valence-electron chi connectivity index (χ0n) is 19.1. The smallest absolute Gasteiger partial charge is 0.337 e. The Balaban J connectivity index is 2.04. The topological polar surface area (TPSA) is 178 Å². The van der Waals surface area contributed by atoms with Gasteiger partial charge in [0.25, 0.3) is 11.8 Å². The molecule has 4 N–H and O–H groups in total. The molecule has 0 aliphatic rings. The second-order valence-corrected chi connectivity index (χ2v) is 7.07. The number of aliphatic hydroxyl groups excluding tert-OH is 2. The van der Waals surface area contributed by atoms with Gasteiger partial charge in [0.15, 0.2) is 12.2 Å². The number of hydrogen-bond acceptors (Lipinski definition) is 10. The molecule has 0 aromatic heterocycles.